The van der Waals surface area contributed by atoms with Crippen molar-refractivity contribution < 1.29 is 9.59 Å². The number of rotatable bonds is 8. The number of likely N-dealkylation sites (N-methyl/N-ethyl adjacent to an activating group) is 1. The number of azo groups is 1. The largest absolute Gasteiger partial charge is 0.326 e. The molecule has 2 amide bonds. The van der Waals surface area contributed by atoms with Crippen molar-refractivity contribution >= 4 is 34.6 Å². The maximum absolute atomic E-state index is 12.1. The number of benzene rings is 2. The second kappa shape index (κ2) is 10.6. The third-order valence-corrected chi connectivity index (χ3v) is 4.50. The van der Waals surface area contributed by atoms with Gasteiger partial charge in [-0.15, -0.1) is 0 Å². The molecule has 2 aromatic carbocycles. The molecule has 7 nitrogen and oxygen atoms in total. The summed E-state index contributed by atoms with van der Waals surface area (Å²) in [5.41, 5.74) is 2.36. The van der Waals surface area contributed by atoms with Crippen LogP contribution < -0.4 is 10.6 Å². The lowest BCUT2D eigenvalue weighted by molar-refractivity contribution is -0.123. The van der Waals surface area contributed by atoms with Crippen LogP contribution in [0.15, 0.2) is 58.8 Å². The van der Waals surface area contributed by atoms with Crippen LogP contribution in [0.3, 0.4) is 0 Å². The minimum Gasteiger partial charge on any atom is -0.326 e. The van der Waals surface area contributed by atoms with Gasteiger partial charge in [0.25, 0.3) is 0 Å². The summed E-state index contributed by atoms with van der Waals surface area (Å²) < 4.78 is 0. The zero-order valence-electron chi connectivity index (χ0n) is 18.4. The number of amides is 2. The van der Waals surface area contributed by atoms with Crippen molar-refractivity contribution in [2.24, 2.45) is 15.6 Å². The number of hydrogen-bond acceptors (Lipinski definition) is 5. The minimum absolute atomic E-state index is 0.0354. The predicted octanol–water partition coefficient (Wildman–Crippen LogP) is 5.37. The van der Waals surface area contributed by atoms with Crippen LogP contribution >= 0.6 is 0 Å². The van der Waals surface area contributed by atoms with Crippen molar-refractivity contribution in [1.82, 2.24) is 4.90 Å². The zero-order valence-corrected chi connectivity index (χ0v) is 18.4. The number of anilines is 2. The molecule has 0 saturated heterocycles. The number of carbonyl (C=O) groups is 2. The summed E-state index contributed by atoms with van der Waals surface area (Å²) in [5.74, 6) is -0.0760. The van der Waals surface area contributed by atoms with Crippen LogP contribution in [0.25, 0.3) is 0 Å². The molecule has 2 aromatic rings. The van der Waals surface area contributed by atoms with Crippen molar-refractivity contribution in [2.45, 2.75) is 34.6 Å². The number of nitrogens with zero attached hydrogens (tertiary/aromatic N) is 3. The van der Waals surface area contributed by atoms with Gasteiger partial charge in [-0.25, -0.2) is 0 Å². The normalized spacial score (nSPS) is 11.7. The first kappa shape index (κ1) is 23.2. The SMILES string of the molecule is CCN(CC)CC(=O)Nc1ccc(N=Nc2ccc(NC(=O)C(C)(C)C)cc2)cc1. The summed E-state index contributed by atoms with van der Waals surface area (Å²) in [6.45, 7) is 11.7. The first-order valence-electron chi connectivity index (χ1n) is 10.2. The first-order valence-corrected chi connectivity index (χ1v) is 10.2. The van der Waals surface area contributed by atoms with Gasteiger partial charge >= 0.3 is 0 Å². The number of carbonyl (C=O) groups excluding carboxylic acids is 2. The Hall–Kier alpha value is -3.06. The molecule has 2 rings (SSSR count). The molecular formula is C23H31N5O2. The lowest BCUT2D eigenvalue weighted by Gasteiger charge is -2.17. The molecule has 2 N–H and O–H groups in total. The molecule has 0 fully saturated rings. The van der Waals surface area contributed by atoms with Crippen LogP contribution in [0.5, 0.6) is 0 Å². The van der Waals surface area contributed by atoms with Crippen molar-refractivity contribution in [2.75, 3.05) is 30.3 Å². The second-order valence-corrected chi connectivity index (χ2v) is 8.01. The fraction of sp³-hybridized carbons (Fsp3) is 0.391. The Kier molecular flexibility index (Phi) is 8.24. The van der Waals surface area contributed by atoms with E-state index in [1.54, 1.807) is 48.5 Å². The molecular weight excluding hydrogens is 378 g/mol. The Morgan fingerprint density at radius 3 is 1.63 bits per heavy atom. The quantitative estimate of drug-likeness (QED) is 0.575. The summed E-state index contributed by atoms with van der Waals surface area (Å²) in [6, 6.07) is 14.4. The molecule has 0 atom stereocenters. The van der Waals surface area contributed by atoms with E-state index < -0.39 is 5.41 Å². The highest BCUT2D eigenvalue weighted by atomic mass is 16.2. The van der Waals surface area contributed by atoms with Gasteiger partial charge in [-0.05, 0) is 61.6 Å². The number of nitrogens with one attached hydrogen (secondary N) is 2. The highest BCUT2D eigenvalue weighted by Gasteiger charge is 2.20. The van der Waals surface area contributed by atoms with Crippen molar-refractivity contribution in [3.63, 3.8) is 0 Å². The average Bonchev–Trinajstić information content (AvgIpc) is 2.71. The summed E-state index contributed by atoms with van der Waals surface area (Å²) >= 11 is 0. The molecule has 0 aliphatic carbocycles. The molecule has 0 aliphatic heterocycles. The van der Waals surface area contributed by atoms with Gasteiger partial charge in [0.15, 0.2) is 0 Å². The Morgan fingerprint density at radius 2 is 1.23 bits per heavy atom. The van der Waals surface area contributed by atoms with Crippen molar-refractivity contribution in [3.05, 3.63) is 48.5 Å². The Morgan fingerprint density at radius 1 is 0.800 bits per heavy atom. The van der Waals surface area contributed by atoms with E-state index in [0.29, 0.717) is 17.9 Å². The van der Waals surface area contributed by atoms with E-state index in [-0.39, 0.29) is 11.8 Å². The van der Waals surface area contributed by atoms with Gasteiger partial charge in [0.05, 0.1) is 17.9 Å². The van der Waals surface area contributed by atoms with Gasteiger partial charge in [0.2, 0.25) is 11.8 Å². The van der Waals surface area contributed by atoms with E-state index in [2.05, 4.69) is 25.8 Å². The van der Waals surface area contributed by atoms with E-state index in [9.17, 15) is 9.59 Å². The van der Waals surface area contributed by atoms with Crippen LogP contribution in [0, 0.1) is 5.41 Å². The summed E-state index contributed by atoms with van der Waals surface area (Å²) in [5, 5.41) is 14.2. The molecule has 0 spiro atoms. The van der Waals surface area contributed by atoms with Gasteiger partial charge < -0.3 is 10.6 Å². The molecule has 0 radical (unpaired) electrons. The molecule has 30 heavy (non-hydrogen) atoms. The topological polar surface area (TPSA) is 86.2 Å². The minimum atomic E-state index is -0.449. The predicted molar refractivity (Wildman–Crippen MR) is 122 cm³/mol. The molecule has 0 unspecified atom stereocenters. The standard InChI is InChI=1S/C23H31N5O2/c1-6-28(7-2)16-21(29)24-17-8-12-19(13-9-17)26-27-20-14-10-18(11-15-20)25-22(30)23(3,4)5/h8-15H,6-7,16H2,1-5H3,(H,24,29)(H,25,30). The lowest BCUT2D eigenvalue weighted by Crippen LogP contribution is -2.32. The smallest absolute Gasteiger partial charge is 0.238 e. The van der Waals surface area contributed by atoms with E-state index in [0.717, 1.165) is 24.5 Å². The Balaban J connectivity index is 1.92. The molecule has 160 valence electrons. The molecule has 0 saturated carbocycles. The maximum Gasteiger partial charge on any atom is 0.238 e. The van der Waals surface area contributed by atoms with Gasteiger partial charge in [-0.2, -0.15) is 10.2 Å². The van der Waals surface area contributed by atoms with Crippen LogP contribution in [0.2, 0.25) is 0 Å². The van der Waals surface area contributed by atoms with E-state index >= 15 is 0 Å². The lowest BCUT2D eigenvalue weighted by atomic mass is 9.95. The first-order chi connectivity index (χ1) is 14.2. The van der Waals surface area contributed by atoms with Gasteiger partial charge in [-0.1, -0.05) is 34.6 Å². The summed E-state index contributed by atoms with van der Waals surface area (Å²) in [4.78, 5) is 26.1. The van der Waals surface area contributed by atoms with Crippen molar-refractivity contribution in [3.8, 4) is 0 Å². The Bertz CT molecular complexity index is 864. The molecule has 0 aliphatic rings. The number of hydrogen-bond donors (Lipinski definition) is 2. The van der Waals surface area contributed by atoms with Crippen LogP contribution in [0.1, 0.15) is 34.6 Å². The average molecular weight is 410 g/mol. The second-order valence-electron chi connectivity index (χ2n) is 8.01. The zero-order chi connectivity index (χ0) is 22.1. The summed E-state index contributed by atoms with van der Waals surface area (Å²) in [6.07, 6.45) is 0. The molecule has 0 bridgehead atoms. The van der Waals surface area contributed by atoms with Crippen LogP contribution in [-0.2, 0) is 9.59 Å². The van der Waals surface area contributed by atoms with Crippen molar-refractivity contribution in [1.29, 1.82) is 0 Å². The highest BCUT2D eigenvalue weighted by molar-refractivity contribution is 5.94. The van der Waals surface area contributed by atoms with Crippen LogP contribution in [-0.4, -0.2) is 36.3 Å². The third kappa shape index (κ3) is 7.40. The molecule has 7 heteroatoms. The van der Waals surface area contributed by atoms with Gasteiger partial charge in [0.1, 0.15) is 0 Å². The molecule has 0 aromatic heterocycles. The van der Waals surface area contributed by atoms with E-state index in [1.165, 1.54) is 0 Å². The van der Waals surface area contributed by atoms with E-state index in [4.69, 9.17) is 0 Å². The Labute approximate surface area is 178 Å². The van der Waals surface area contributed by atoms with Gasteiger partial charge in [-0.3, -0.25) is 14.5 Å². The fourth-order valence-corrected chi connectivity index (χ4v) is 2.51. The fourth-order valence-electron chi connectivity index (χ4n) is 2.51. The highest BCUT2D eigenvalue weighted by Crippen LogP contribution is 2.23. The van der Waals surface area contributed by atoms with E-state index in [1.807, 2.05) is 34.6 Å². The maximum atomic E-state index is 12.1. The molecule has 0 heterocycles. The third-order valence-electron chi connectivity index (χ3n) is 4.50. The van der Waals surface area contributed by atoms with Gasteiger partial charge in [0, 0.05) is 16.8 Å². The summed E-state index contributed by atoms with van der Waals surface area (Å²) in [7, 11) is 0. The monoisotopic (exact) mass is 409 g/mol. The van der Waals surface area contributed by atoms with Crippen LogP contribution in [0.4, 0.5) is 22.7 Å².